The largest absolute Gasteiger partial charge is 0.508 e. The smallest absolute Gasteiger partial charge is 0.150 e. The molecule has 1 heterocycles. The summed E-state index contributed by atoms with van der Waals surface area (Å²) in [7, 11) is 0. The minimum atomic E-state index is 0.231. The molecule has 3 aromatic rings. The van der Waals surface area contributed by atoms with E-state index in [1.807, 2.05) is 43.3 Å². The van der Waals surface area contributed by atoms with E-state index >= 15 is 0 Å². The highest BCUT2D eigenvalue weighted by Crippen LogP contribution is 2.19. The highest BCUT2D eigenvalue weighted by Gasteiger charge is 2.03. The monoisotopic (exact) mass is 304 g/mol. The molecule has 0 unspecified atom stereocenters. The van der Waals surface area contributed by atoms with Crippen molar-refractivity contribution >= 4 is 12.0 Å². The summed E-state index contributed by atoms with van der Waals surface area (Å²) in [5.41, 5.74) is 5.67. The van der Waals surface area contributed by atoms with Crippen LogP contribution in [0, 0.1) is 6.92 Å². The number of nitrogens with zero attached hydrogens (tertiary/aromatic N) is 3. The maximum atomic E-state index is 9.25. The molecule has 2 aromatic carbocycles. The number of benzene rings is 2. The van der Waals surface area contributed by atoms with E-state index in [9.17, 15) is 5.11 Å². The number of hydrogen-bond donors (Lipinski definition) is 2. The number of nitrogens with one attached hydrogen (secondary N) is 1. The van der Waals surface area contributed by atoms with Crippen LogP contribution in [0.2, 0.25) is 0 Å². The normalized spacial score (nSPS) is 10.8. The van der Waals surface area contributed by atoms with E-state index < -0.39 is 0 Å². The fourth-order valence-corrected chi connectivity index (χ4v) is 2.12. The number of phenolic OH excluding ortho intramolecular Hbond substituents is 1. The van der Waals surface area contributed by atoms with Gasteiger partial charge in [-0.1, -0.05) is 30.3 Å². The van der Waals surface area contributed by atoms with Crippen molar-refractivity contribution in [2.24, 2.45) is 5.10 Å². The second kappa shape index (κ2) is 6.70. The molecule has 23 heavy (non-hydrogen) atoms. The minimum absolute atomic E-state index is 0.231. The van der Waals surface area contributed by atoms with Crippen LogP contribution in [-0.2, 0) is 0 Å². The van der Waals surface area contributed by atoms with Crippen molar-refractivity contribution in [2.75, 3.05) is 5.43 Å². The van der Waals surface area contributed by atoms with Gasteiger partial charge in [0.1, 0.15) is 17.4 Å². The summed E-state index contributed by atoms with van der Waals surface area (Å²) in [6.07, 6.45) is 1.67. The quantitative estimate of drug-likeness (QED) is 0.570. The molecule has 0 radical (unpaired) electrons. The molecule has 0 bridgehead atoms. The molecule has 0 aliphatic carbocycles. The molecule has 0 fully saturated rings. The number of hydrazone groups is 1. The summed E-state index contributed by atoms with van der Waals surface area (Å²) in [5.74, 6) is 1.54. The number of aryl methyl sites for hydroxylation is 1. The molecule has 0 atom stereocenters. The lowest BCUT2D eigenvalue weighted by molar-refractivity contribution is 0.475. The van der Waals surface area contributed by atoms with Crippen LogP contribution in [0.15, 0.2) is 65.8 Å². The second-order valence-electron chi connectivity index (χ2n) is 5.01. The molecule has 5 heteroatoms. The van der Waals surface area contributed by atoms with Crippen LogP contribution in [-0.4, -0.2) is 21.3 Å². The molecule has 0 spiro atoms. The van der Waals surface area contributed by atoms with Gasteiger partial charge in [-0.15, -0.1) is 0 Å². The number of aromatic hydroxyl groups is 1. The van der Waals surface area contributed by atoms with Crippen LogP contribution < -0.4 is 5.43 Å². The molecule has 0 aliphatic heterocycles. The minimum Gasteiger partial charge on any atom is -0.508 e. The second-order valence-corrected chi connectivity index (χ2v) is 5.01. The van der Waals surface area contributed by atoms with E-state index in [0.717, 1.165) is 16.8 Å². The Morgan fingerprint density at radius 3 is 2.48 bits per heavy atom. The SMILES string of the molecule is Cc1nc(N/N=C\c2ccc(O)cc2)cc(-c2ccccc2)n1. The standard InChI is InChI=1S/C18H16N4O/c1-13-20-17(15-5-3-2-4-6-15)11-18(21-13)22-19-12-14-7-9-16(23)10-8-14/h2-12,23H,1H3,(H,20,21,22)/b19-12-. The lowest BCUT2D eigenvalue weighted by Gasteiger charge is -2.05. The van der Waals surface area contributed by atoms with Gasteiger partial charge in [0.15, 0.2) is 0 Å². The Hall–Kier alpha value is -3.21. The molecule has 0 aliphatic rings. The molecular weight excluding hydrogens is 288 g/mol. The van der Waals surface area contributed by atoms with Crippen molar-refractivity contribution in [3.8, 4) is 17.0 Å². The van der Waals surface area contributed by atoms with Gasteiger partial charge in [0.2, 0.25) is 0 Å². The predicted molar refractivity (Wildman–Crippen MR) is 91.5 cm³/mol. The fourth-order valence-electron chi connectivity index (χ4n) is 2.12. The lowest BCUT2D eigenvalue weighted by atomic mass is 10.1. The summed E-state index contributed by atoms with van der Waals surface area (Å²) < 4.78 is 0. The van der Waals surface area contributed by atoms with Gasteiger partial charge < -0.3 is 5.11 Å². The van der Waals surface area contributed by atoms with Gasteiger partial charge in [0, 0.05) is 11.6 Å². The molecule has 2 N–H and O–H groups in total. The van der Waals surface area contributed by atoms with Crippen molar-refractivity contribution in [3.63, 3.8) is 0 Å². The van der Waals surface area contributed by atoms with Crippen LogP contribution in [0.3, 0.4) is 0 Å². The molecule has 1 aromatic heterocycles. The van der Waals surface area contributed by atoms with Crippen LogP contribution >= 0.6 is 0 Å². The summed E-state index contributed by atoms with van der Waals surface area (Å²) in [4.78, 5) is 8.78. The maximum Gasteiger partial charge on any atom is 0.150 e. The van der Waals surface area contributed by atoms with Gasteiger partial charge in [-0.3, -0.25) is 5.43 Å². The highest BCUT2D eigenvalue weighted by molar-refractivity contribution is 5.80. The van der Waals surface area contributed by atoms with Crippen LogP contribution in [0.1, 0.15) is 11.4 Å². The van der Waals surface area contributed by atoms with Crippen molar-refractivity contribution in [1.82, 2.24) is 9.97 Å². The molecule has 0 saturated heterocycles. The molecule has 3 rings (SSSR count). The number of rotatable bonds is 4. The third kappa shape index (κ3) is 3.91. The highest BCUT2D eigenvalue weighted by atomic mass is 16.3. The van der Waals surface area contributed by atoms with Gasteiger partial charge in [-0.2, -0.15) is 5.10 Å². The van der Waals surface area contributed by atoms with Crippen molar-refractivity contribution in [2.45, 2.75) is 6.92 Å². The first-order valence-electron chi connectivity index (χ1n) is 7.20. The van der Waals surface area contributed by atoms with E-state index in [1.165, 1.54) is 0 Å². The molecule has 114 valence electrons. The van der Waals surface area contributed by atoms with E-state index in [4.69, 9.17) is 0 Å². The topological polar surface area (TPSA) is 70.4 Å². The van der Waals surface area contributed by atoms with Gasteiger partial charge >= 0.3 is 0 Å². The Kier molecular flexibility index (Phi) is 4.29. The van der Waals surface area contributed by atoms with E-state index in [2.05, 4.69) is 20.5 Å². The first-order chi connectivity index (χ1) is 11.2. The first kappa shape index (κ1) is 14.7. The van der Waals surface area contributed by atoms with E-state index in [1.54, 1.807) is 30.5 Å². The molecule has 5 nitrogen and oxygen atoms in total. The van der Waals surface area contributed by atoms with Gasteiger partial charge in [0.05, 0.1) is 11.9 Å². The summed E-state index contributed by atoms with van der Waals surface area (Å²) in [6, 6.07) is 18.6. The van der Waals surface area contributed by atoms with Crippen LogP contribution in [0.5, 0.6) is 5.75 Å². The summed E-state index contributed by atoms with van der Waals surface area (Å²) in [6.45, 7) is 1.85. The Labute approximate surface area is 134 Å². The van der Waals surface area contributed by atoms with Gasteiger partial charge in [-0.05, 0) is 36.8 Å². The zero-order valence-corrected chi connectivity index (χ0v) is 12.6. The number of aromatic nitrogens is 2. The van der Waals surface area contributed by atoms with Crippen molar-refractivity contribution in [1.29, 1.82) is 0 Å². The lowest BCUT2D eigenvalue weighted by Crippen LogP contribution is -1.98. The van der Waals surface area contributed by atoms with Crippen molar-refractivity contribution in [3.05, 3.63) is 72.1 Å². The Morgan fingerprint density at radius 2 is 1.74 bits per heavy atom. The Morgan fingerprint density at radius 1 is 1.00 bits per heavy atom. The Bertz CT molecular complexity index is 814. The van der Waals surface area contributed by atoms with Crippen LogP contribution in [0.4, 0.5) is 5.82 Å². The first-order valence-corrected chi connectivity index (χ1v) is 7.20. The number of phenols is 1. The van der Waals surface area contributed by atoms with Gasteiger partial charge in [-0.25, -0.2) is 9.97 Å². The average molecular weight is 304 g/mol. The molecule has 0 amide bonds. The third-order valence-corrected chi connectivity index (χ3v) is 3.19. The zero-order chi connectivity index (χ0) is 16.1. The third-order valence-electron chi connectivity index (χ3n) is 3.19. The van der Waals surface area contributed by atoms with Gasteiger partial charge in [0.25, 0.3) is 0 Å². The van der Waals surface area contributed by atoms with Crippen molar-refractivity contribution < 1.29 is 5.11 Å². The fraction of sp³-hybridized carbons (Fsp3) is 0.0556. The zero-order valence-electron chi connectivity index (χ0n) is 12.6. The maximum absolute atomic E-state index is 9.25. The molecular formula is C18H16N4O. The average Bonchev–Trinajstić information content (AvgIpc) is 2.57. The number of anilines is 1. The van der Waals surface area contributed by atoms with E-state index in [-0.39, 0.29) is 5.75 Å². The predicted octanol–water partition coefficient (Wildman–Crippen LogP) is 3.60. The number of hydrogen-bond acceptors (Lipinski definition) is 5. The van der Waals surface area contributed by atoms with E-state index in [0.29, 0.717) is 11.6 Å². The molecule has 0 saturated carbocycles. The summed E-state index contributed by atoms with van der Waals surface area (Å²) in [5, 5.41) is 13.4. The summed E-state index contributed by atoms with van der Waals surface area (Å²) >= 11 is 0. The Balaban J connectivity index is 1.78. The van der Waals surface area contributed by atoms with Crippen LogP contribution in [0.25, 0.3) is 11.3 Å².